The number of fused-ring (bicyclic) bond motifs is 1. The first-order valence-electron chi connectivity index (χ1n) is 9.36. The minimum absolute atomic E-state index is 0.0232. The van der Waals surface area contributed by atoms with Gasteiger partial charge in [0.1, 0.15) is 17.7 Å². The molecule has 5 nitrogen and oxygen atoms in total. The standard InChI is InChI=1S/C21H21FN2O3S/c22-15-6-7-18-19(14-15)28-21(23-18)27-17-8-11-24(12-9-17)20(25)10-13-26-16-4-2-1-3-5-16/h1-7,14,17H,8-13H2. The summed E-state index contributed by atoms with van der Waals surface area (Å²) in [6.45, 7) is 1.70. The predicted molar refractivity (Wildman–Crippen MR) is 106 cm³/mol. The van der Waals surface area contributed by atoms with Gasteiger partial charge in [-0.1, -0.05) is 29.5 Å². The van der Waals surface area contributed by atoms with E-state index < -0.39 is 0 Å². The molecule has 4 rings (SSSR count). The molecule has 0 atom stereocenters. The first-order chi connectivity index (χ1) is 13.7. The molecule has 1 amide bonds. The van der Waals surface area contributed by atoms with Gasteiger partial charge in [-0.25, -0.2) is 9.37 Å². The van der Waals surface area contributed by atoms with Crippen molar-refractivity contribution in [3.8, 4) is 10.9 Å². The number of thiazole rings is 1. The molecule has 1 aliphatic heterocycles. The van der Waals surface area contributed by atoms with Crippen molar-refractivity contribution in [1.82, 2.24) is 9.88 Å². The molecule has 28 heavy (non-hydrogen) atoms. The van der Waals surface area contributed by atoms with Crippen LogP contribution in [-0.2, 0) is 4.79 Å². The topological polar surface area (TPSA) is 51.7 Å². The SMILES string of the molecule is O=C(CCOc1ccccc1)N1CCC(Oc2nc3ccc(F)cc3s2)CC1. The van der Waals surface area contributed by atoms with Crippen molar-refractivity contribution in [2.24, 2.45) is 0 Å². The molecule has 0 radical (unpaired) electrons. The van der Waals surface area contributed by atoms with Crippen LogP contribution in [0.4, 0.5) is 4.39 Å². The lowest BCUT2D eigenvalue weighted by Gasteiger charge is -2.31. The zero-order valence-electron chi connectivity index (χ0n) is 15.3. The number of benzene rings is 2. The highest BCUT2D eigenvalue weighted by Gasteiger charge is 2.24. The summed E-state index contributed by atoms with van der Waals surface area (Å²) in [4.78, 5) is 18.6. The van der Waals surface area contributed by atoms with Crippen molar-refractivity contribution >= 4 is 27.5 Å². The van der Waals surface area contributed by atoms with Gasteiger partial charge in [0, 0.05) is 25.9 Å². The van der Waals surface area contributed by atoms with Crippen molar-refractivity contribution in [3.63, 3.8) is 0 Å². The minimum Gasteiger partial charge on any atom is -0.493 e. The fourth-order valence-corrected chi connectivity index (χ4v) is 4.13. The molecular weight excluding hydrogens is 379 g/mol. The molecule has 0 N–H and O–H groups in total. The Hall–Kier alpha value is -2.67. The molecule has 2 aromatic carbocycles. The summed E-state index contributed by atoms with van der Waals surface area (Å²) < 4.78 is 25.6. The number of ether oxygens (including phenoxy) is 2. The van der Waals surface area contributed by atoms with E-state index in [1.165, 1.54) is 23.5 Å². The van der Waals surface area contributed by atoms with Crippen LogP contribution in [0.15, 0.2) is 48.5 Å². The number of carbonyl (C=O) groups excluding carboxylic acids is 1. The van der Waals surface area contributed by atoms with Gasteiger partial charge >= 0.3 is 0 Å². The second-order valence-corrected chi connectivity index (χ2v) is 7.69. The molecule has 7 heteroatoms. The lowest BCUT2D eigenvalue weighted by molar-refractivity contribution is -0.133. The van der Waals surface area contributed by atoms with Crippen molar-refractivity contribution in [2.75, 3.05) is 19.7 Å². The molecule has 2 heterocycles. The van der Waals surface area contributed by atoms with Crippen molar-refractivity contribution in [3.05, 3.63) is 54.3 Å². The number of likely N-dealkylation sites (tertiary alicyclic amines) is 1. The van der Waals surface area contributed by atoms with Gasteiger partial charge in [-0.05, 0) is 30.3 Å². The van der Waals surface area contributed by atoms with Gasteiger partial charge in [0.2, 0.25) is 5.91 Å². The van der Waals surface area contributed by atoms with E-state index in [1.807, 2.05) is 35.2 Å². The number of piperidine rings is 1. The molecule has 0 aliphatic carbocycles. The largest absolute Gasteiger partial charge is 0.493 e. The maximum atomic E-state index is 13.3. The molecule has 0 saturated carbocycles. The van der Waals surface area contributed by atoms with Crippen LogP contribution in [-0.4, -0.2) is 41.6 Å². The van der Waals surface area contributed by atoms with Gasteiger partial charge in [-0.15, -0.1) is 0 Å². The molecule has 3 aromatic rings. The number of hydrogen-bond acceptors (Lipinski definition) is 5. The van der Waals surface area contributed by atoms with Gasteiger partial charge in [-0.2, -0.15) is 0 Å². The molecular formula is C21H21FN2O3S. The van der Waals surface area contributed by atoms with Gasteiger partial charge in [0.15, 0.2) is 0 Å². The monoisotopic (exact) mass is 400 g/mol. The summed E-state index contributed by atoms with van der Waals surface area (Å²) in [6.07, 6.45) is 1.91. The van der Waals surface area contributed by atoms with Gasteiger partial charge in [0.05, 0.1) is 23.2 Å². The van der Waals surface area contributed by atoms with E-state index in [2.05, 4.69) is 4.98 Å². The Morgan fingerprint density at radius 3 is 2.75 bits per heavy atom. The van der Waals surface area contributed by atoms with Crippen LogP contribution in [0.25, 0.3) is 10.2 Å². The first kappa shape index (κ1) is 18.7. The molecule has 0 spiro atoms. The van der Waals surface area contributed by atoms with E-state index in [4.69, 9.17) is 9.47 Å². The first-order valence-corrected chi connectivity index (χ1v) is 10.2. The van der Waals surface area contributed by atoms with Gasteiger partial charge < -0.3 is 14.4 Å². The number of hydrogen-bond donors (Lipinski definition) is 0. The van der Waals surface area contributed by atoms with Crippen LogP contribution in [0.1, 0.15) is 19.3 Å². The highest BCUT2D eigenvalue weighted by molar-refractivity contribution is 7.20. The van der Waals surface area contributed by atoms with Crippen molar-refractivity contribution in [2.45, 2.75) is 25.4 Å². The average Bonchev–Trinajstić information content (AvgIpc) is 3.10. The fourth-order valence-electron chi connectivity index (χ4n) is 3.22. The Bertz CT molecular complexity index is 939. The third kappa shape index (κ3) is 4.59. The van der Waals surface area contributed by atoms with Crippen LogP contribution in [0.3, 0.4) is 0 Å². The summed E-state index contributed by atoms with van der Waals surface area (Å²) >= 11 is 1.35. The maximum Gasteiger partial charge on any atom is 0.274 e. The number of aromatic nitrogens is 1. The molecule has 1 aromatic heterocycles. The van der Waals surface area contributed by atoms with Crippen LogP contribution in [0.2, 0.25) is 0 Å². The van der Waals surface area contributed by atoms with E-state index in [-0.39, 0.29) is 17.8 Å². The quantitative estimate of drug-likeness (QED) is 0.620. The van der Waals surface area contributed by atoms with E-state index in [9.17, 15) is 9.18 Å². The minimum atomic E-state index is -0.272. The summed E-state index contributed by atoms with van der Waals surface area (Å²) in [5, 5.41) is 0.557. The Kier molecular flexibility index (Phi) is 5.71. The van der Waals surface area contributed by atoms with Gasteiger partial charge in [0.25, 0.3) is 5.19 Å². The van der Waals surface area contributed by atoms with Crippen molar-refractivity contribution < 1.29 is 18.7 Å². The third-order valence-electron chi connectivity index (χ3n) is 4.72. The zero-order valence-corrected chi connectivity index (χ0v) is 16.2. The molecule has 1 aliphatic rings. The van der Waals surface area contributed by atoms with E-state index in [0.29, 0.717) is 31.3 Å². The number of rotatable bonds is 6. The van der Waals surface area contributed by atoms with Crippen LogP contribution < -0.4 is 9.47 Å². The molecule has 146 valence electrons. The highest BCUT2D eigenvalue weighted by Crippen LogP contribution is 2.30. The molecule has 1 fully saturated rings. The highest BCUT2D eigenvalue weighted by atomic mass is 32.1. The van der Waals surface area contributed by atoms with E-state index in [0.717, 1.165) is 28.8 Å². The lowest BCUT2D eigenvalue weighted by Crippen LogP contribution is -2.42. The summed E-state index contributed by atoms with van der Waals surface area (Å²) in [5.74, 6) is 0.605. The van der Waals surface area contributed by atoms with Crippen LogP contribution in [0, 0.1) is 5.82 Å². The van der Waals surface area contributed by atoms with E-state index >= 15 is 0 Å². The zero-order chi connectivity index (χ0) is 19.3. The molecule has 0 bridgehead atoms. The Balaban J connectivity index is 1.23. The van der Waals surface area contributed by atoms with Gasteiger partial charge in [-0.3, -0.25) is 4.79 Å². The lowest BCUT2D eigenvalue weighted by atomic mass is 10.1. The summed E-state index contributed by atoms with van der Waals surface area (Å²) in [6, 6.07) is 14.0. The maximum absolute atomic E-state index is 13.3. The molecule has 0 unspecified atom stereocenters. The molecule has 1 saturated heterocycles. The number of nitrogens with zero attached hydrogens (tertiary/aromatic N) is 2. The number of para-hydroxylation sites is 1. The Morgan fingerprint density at radius 1 is 1.18 bits per heavy atom. The number of carbonyl (C=O) groups is 1. The normalized spacial score (nSPS) is 15.0. The number of halogens is 1. The second-order valence-electron chi connectivity index (χ2n) is 6.70. The van der Waals surface area contributed by atoms with Crippen LogP contribution in [0.5, 0.6) is 10.9 Å². The Morgan fingerprint density at radius 2 is 1.96 bits per heavy atom. The third-order valence-corrected chi connectivity index (χ3v) is 5.63. The Labute approximate surface area is 166 Å². The van der Waals surface area contributed by atoms with E-state index in [1.54, 1.807) is 6.07 Å². The van der Waals surface area contributed by atoms with Crippen molar-refractivity contribution in [1.29, 1.82) is 0 Å². The predicted octanol–water partition coefficient (Wildman–Crippen LogP) is 4.27. The average molecular weight is 400 g/mol. The van der Waals surface area contributed by atoms with Crippen LogP contribution >= 0.6 is 11.3 Å². The smallest absolute Gasteiger partial charge is 0.274 e. The summed E-state index contributed by atoms with van der Waals surface area (Å²) in [5.41, 5.74) is 0.743. The number of amides is 1. The fraction of sp³-hybridized carbons (Fsp3) is 0.333. The summed E-state index contributed by atoms with van der Waals surface area (Å²) in [7, 11) is 0. The second kappa shape index (κ2) is 8.56.